The molecule has 1 heterocycles. The van der Waals surface area contributed by atoms with E-state index in [1.807, 2.05) is 0 Å². The monoisotopic (exact) mass is 190 g/mol. The second-order valence-corrected chi connectivity index (χ2v) is 3.80. The Morgan fingerprint density at radius 1 is 1.58 bits per heavy atom. The van der Waals surface area contributed by atoms with E-state index in [4.69, 9.17) is 10.8 Å². The van der Waals surface area contributed by atoms with Crippen LogP contribution < -0.4 is 5.73 Å². The van der Waals surface area contributed by atoms with Crippen LogP contribution in [0.2, 0.25) is 0 Å². The lowest BCUT2D eigenvalue weighted by molar-refractivity contribution is -0.117. The number of hydrogen-bond acceptors (Lipinski definition) is 3. The van der Waals surface area contributed by atoms with E-state index in [1.165, 1.54) is 16.7 Å². The van der Waals surface area contributed by atoms with Gasteiger partial charge in [-0.05, 0) is 0 Å². The average molecular weight is 190 g/mol. The van der Waals surface area contributed by atoms with Gasteiger partial charge in [0.25, 0.3) is 0 Å². The van der Waals surface area contributed by atoms with Crippen LogP contribution in [0.15, 0.2) is 0 Å². The normalized spacial score (nSPS) is 23.7. The first-order chi connectivity index (χ1) is 5.61. The number of nitrogens with zero attached hydrogens (tertiary/aromatic N) is 1. The minimum atomic E-state index is -0.985. The van der Waals surface area contributed by atoms with Crippen molar-refractivity contribution in [2.45, 2.75) is 5.25 Å². The fourth-order valence-electron chi connectivity index (χ4n) is 0.995. The SMILES string of the molecule is NC(=O)C1CN(C(=O)O)CCS1. The third-order valence-corrected chi connectivity index (χ3v) is 2.86. The number of carbonyl (C=O) groups excluding carboxylic acids is 1. The third-order valence-electron chi connectivity index (χ3n) is 1.65. The first-order valence-corrected chi connectivity index (χ1v) is 4.55. The summed E-state index contributed by atoms with van der Waals surface area (Å²) in [6, 6.07) is 0. The topological polar surface area (TPSA) is 83.6 Å². The van der Waals surface area contributed by atoms with E-state index in [1.54, 1.807) is 0 Å². The number of hydrogen-bond donors (Lipinski definition) is 2. The Morgan fingerprint density at radius 2 is 2.25 bits per heavy atom. The molecule has 1 aliphatic heterocycles. The molecule has 1 rings (SSSR count). The number of primary amides is 1. The molecule has 12 heavy (non-hydrogen) atoms. The van der Waals surface area contributed by atoms with Crippen LogP contribution in [0.3, 0.4) is 0 Å². The van der Waals surface area contributed by atoms with Crippen LogP contribution in [0.25, 0.3) is 0 Å². The minimum absolute atomic E-state index is 0.218. The van der Waals surface area contributed by atoms with Gasteiger partial charge >= 0.3 is 6.09 Å². The van der Waals surface area contributed by atoms with E-state index in [2.05, 4.69) is 0 Å². The molecule has 0 spiro atoms. The van der Waals surface area contributed by atoms with Crippen molar-refractivity contribution in [1.82, 2.24) is 4.90 Å². The lowest BCUT2D eigenvalue weighted by Crippen LogP contribution is -2.45. The van der Waals surface area contributed by atoms with Gasteiger partial charge in [0.15, 0.2) is 0 Å². The summed E-state index contributed by atoms with van der Waals surface area (Å²) in [5, 5.41) is 8.22. The Bertz CT molecular complexity index is 189. The van der Waals surface area contributed by atoms with E-state index in [0.29, 0.717) is 12.3 Å². The molecule has 0 radical (unpaired) electrons. The minimum Gasteiger partial charge on any atom is -0.465 e. The molecule has 0 aromatic heterocycles. The van der Waals surface area contributed by atoms with Gasteiger partial charge in [-0.2, -0.15) is 0 Å². The van der Waals surface area contributed by atoms with E-state index in [-0.39, 0.29) is 11.8 Å². The molecule has 0 aromatic rings. The van der Waals surface area contributed by atoms with Gasteiger partial charge in [-0.1, -0.05) is 0 Å². The molecule has 0 bridgehead atoms. The Labute approximate surface area is 73.9 Å². The van der Waals surface area contributed by atoms with Crippen molar-refractivity contribution in [2.24, 2.45) is 5.73 Å². The van der Waals surface area contributed by atoms with Gasteiger partial charge < -0.3 is 15.7 Å². The van der Waals surface area contributed by atoms with Crippen LogP contribution in [0.4, 0.5) is 4.79 Å². The highest BCUT2D eigenvalue weighted by Crippen LogP contribution is 2.17. The van der Waals surface area contributed by atoms with Crippen molar-refractivity contribution in [2.75, 3.05) is 18.8 Å². The van der Waals surface area contributed by atoms with Crippen LogP contribution in [0, 0.1) is 0 Å². The second kappa shape index (κ2) is 3.66. The summed E-state index contributed by atoms with van der Waals surface area (Å²) in [6.07, 6.45) is -0.985. The zero-order chi connectivity index (χ0) is 9.14. The molecule has 0 aromatic carbocycles. The molecule has 1 unspecified atom stereocenters. The molecular weight excluding hydrogens is 180 g/mol. The molecule has 68 valence electrons. The lowest BCUT2D eigenvalue weighted by Gasteiger charge is -2.28. The molecule has 1 atom stereocenters. The van der Waals surface area contributed by atoms with Crippen molar-refractivity contribution in [1.29, 1.82) is 0 Å². The molecule has 3 N–H and O–H groups in total. The number of carboxylic acid groups (broad SMARTS) is 1. The lowest BCUT2D eigenvalue weighted by atomic mass is 10.3. The predicted molar refractivity (Wildman–Crippen MR) is 45.0 cm³/mol. The average Bonchev–Trinajstić information content (AvgIpc) is 2.04. The standard InChI is InChI=1S/C6H10N2O3S/c7-5(9)4-3-8(6(10)11)1-2-12-4/h4H,1-3H2,(H2,7,9)(H,10,11). The second-order valence-electron chi connectivity index (χ2n) is 2.49. The summed E-state index contributed by atoms with van der Waals surface area (Å²) in [6.45, 7) is 0.694. The first kappa shape index (κ1) is 9.18. The van der Waals surface area contributed by atoms with E-state index in [0.717, 1.165) is 0 Å². The Balaban J connectivity index is 2.51. The largest absolute Gasteiger partial charge is 0.465 e. The van der Waals surface area contributed by atoms with Gasteiger partial charge in [0.1, 0.15) is 5.25 Å². The highest BCUT2D eigenvalue weighted by atomic mass is 32.2. The van der Waals surface area contributed by atoms with Gasteiger partial charge in [0.2, 0.25) is 5.91 Å². The molecule has 1 fully saturated rings. The zero-order valence-electron chi connectivity index (χ0n) is 6.40. The maximum atomic E-state index is 10.7. The predicted octanol–water partition coefficient (Wildman–Crippen LogP) is -0.433. The highest BCUT2D eigenvalue weighted by molar-refractivity contribution is 8.00. The number of thioether (sulfide) groups is 1. The van der Waals surface area contributed by atoms with Crippen molar-refractivity contribution >= 4 is 23.8 Å². The maximum absolute atomic E-state index is 10.7. The summed E-state index contributed by atoms with van der Waals surface area (Å²) >= 11 is 1.41. The summed E-state index contributed by atoms with van der Waals surface area (Å²) in [7, 11) is 0. The van der Waals surface area contributed by atoms with Crippen molar-refractivity contribution < 1.29 is 14.7 Å². The molecule has 2 amide bonds. The molecule has 1 aliphatic rings. The van der Waals surface area contributed by atoms with Gasteiger partial charge in [0, 0.05) is 18.8 Å². The highest BCUT2D eigenvalue weighted by Gasteiger charge is 2.26. The summed E-state index contributed by atoms with van der Waals surface area (Å²) < 4.78 is 0. The van der Waals surface area contributed by atoms with Crippen LogP contribution in [0.1, 0.15) is 0 Å². The van der Waals surface area contributed by atoms with Crippen LogP contribution in [0.5, 0.6) is 0 Å². The quantitative estimate of drug-likeness (QED) is 0.587. The number of carbonyl (C=O) groups is 2. The summed E-state index contributed by atoms with van der Waals surface area (Å²) in [5.74, 6) is 0.200. The Kier molecular flexibility index (Phi) is 2.80. The zero-order valence-corrected chi connectivity index (χ0v) is 7.21. The van der Waals surface area contributed by atoms with Crippen LogP contribution in [-0.4, -0.2) is 46.1 Å². The van der Waals surface area contributed by atoms with Crippen LogP contribution in [-0.2, 0) is 4.79 Å². The summed E-state index contributed by atoms with van der Waals surface area (Å²) in [4.78, 5) is 22.4. The van der Waals surface area contributed by atoms with Gasteiger partial charge in [0.05, 0.1) is 0 Å². The smallest absolute Gasteiger partial charge is 0.407 e. The first-order valence-electron chi connectivity index (χ1n) is 3.50. The van der Waals surface area contributed by atoms with Crippen molar-refractivity contribution in [3.8, 4) is 0 Å². The third kappa shape index (κ3) is 2.04. The van der Waals surface area contributed by atoms with E-state index < -0.39 is 12.0 Å². The van der Waals surface area contributed by atoms with E-state index in [9.17, 15) is 9.59 Å². The maximum Gasteiger partial charge on any atom is 0.407 e. The molecule has 6 heteroatoms. The summed E-state index contributed by atoms with van der Waals surface area (Å²) in [5.41, 5.74) is 5.05. The molecule has 0 aliphatic carbocycles. The van der Waals surface area contributed by atoms with Gasteiger partial charge in [-0.15, -0.1) is 11.8 Å². The van der Waals surface area contributed by atoms with Gasteiger partial charge in [-0.25, -0.2) is 4.79 Å². The molecule has 5 nitrogen and oxygen atoms in total. The van der Waals surface area contributed by atoms with Crippen molar-refractivity contribution in [3.63, 3.8) is 0 Å². The van der Waals surface area contributed by atoms with Gasteiger partial charge in [-0.3, -0.25) is 4.79 Å². The van der Waals surface area contributed by atoms with E-state index >= 15 is 0 Å². The van der Waals surface area contributed by atoms with Crippen molar-refractivity contribution in [3.05, 3.63) is 0 Å². The number of rotatable bonds is 1. The fourth-order valence-corrected chi connectivity index (χ4v) is 2.06. The van der Waals surface area contributed by atoms with Crippen LogP contribution >= 0.6 is 11.8 Å². The molecule has 0 saturated carbocycles. The number of nitrogens with two attached hydrogens (primary N) is 1. The Morgan fingerprint density at radius 3 is 2.75 bits per heavy atom. The fraction of sp³-hybridized carbons (Fsp3) is 0.667. The molecule has 1 saturated heterocycles. The molecular formula is C6H10N2O3S. The number of amides is 2. The Hall–Kier alpha value is -0.910.